The molecule has 0 aromatic heterocycles. The lowest BCUT2D eigenvalue weighted by molar-refractivity contribution is -0.167. The highest BCUT2D eigenvalue weighted by molar-refractivity contribution is 5.71. The molecule has 1 unspecified atom stereocenters. The molecule has 83 heavy (non-hydrogen) atoms. The molecule has 472 valence electrons. The van der Waals surface area contributed by atoms with Gasteiger partial charge in [0, 0.05) is 19.3 Å². The Morgan fingerprint density at radius 3 is 0.747 bits per heavy atom. The molecule has 0 N–H and O–H groups in total. The normalized spacial score (nSPS) is 13.0. The number of rotatable bonds is 62. The van der Waals surface area contributed by atoms with E-state index in [2.05, 4.69) is 154 Å². The molecular weight excluding hydrogens is 1020 g/mol. The monoisotopic (exact) mass is 1150 g/mol. The largest absolute Gasteiger partial charge is 0.462 e. The van der Waals surface area contributed by atoms with Crippen LogP contribution in [0.1, 0.15) is 316 Å². The van der Waals surface area contributed by atoms with Crippen LogP contribution in [0.15, 0.2) is 134 Å². The van der Waals surface area contributed by atoms with Crippen LogP contribution in [0.5, 0.6) is 0 Å². The zero-order valence-electron chi connectivity index (χ0n) is 54.2. The molecule has 0 spiro atoms. The maximum Gasteiger partial charge on any atom is 0.306 e. The lowest BCUT2D eigenvalue weighted by Crippen LogP contribution is -2.30. The second-order valence-electron chi connectivity index (χ2n) is 22.7. The van der Waals surface area contributed by atoms with E-state index < -0.39 is 6.10 Å². The topological polar surface area (TPSA) is 78.9 Å². The number of esters is 3. The Labute approximate surface area is 513 Å². The molecule has 0 bridgehead atoms. The number of carbonyl (C=O) groups is 3. The van der Waals surface area contributed by atoms with Crippen LogP contribution in [-0.4, -0.2) is 37.2 Å². The summed E-state index contributed by atoms with van der Waals surface area (Å²) in [7, 11) is 0. The third-order valence-corrected chi connectivity index (χ3v) is 14.7. The van der Waals surface area contributed by atoms with Gasteiger partial charge < -0.3 is 14.2 Å². The summed E-state index contributed by atoms with van der Waals surface area (Å²) in [6, 6.07) is 0. The minimum absolute atomic E-state index is 0.0912. The van der Waals surface area contributed by atoms with Crippen LogP contribution in [0.3, 0.4) is 0 Å². The van der Waals surface area contributed by atoms with Crippen molar-refractivity contribution in [2.24, 2.45) is 0 Å². The van der Waals surface area contributed by atoms with Gasteiger partial charge in [-0.3, -0.25) is 14.4 Å². The molecule has 0 saturated carbocycles. The quantitative estimate of drug-likeness (QED) is 0.0261. The maximum absolute atomic E-state index is 12.9. The van der Waals surface area contributed by atoms with Crippen molar-refractivity contribution in [1.29, 1.82) is 0 Å². The summed E-state index contributed by atoms with van der Waals surface area (Å²) in [6.07, 6.45) is 99.1. The van der Waals surface area contributed by atoms with Gasteiger partial charge in [-0.1, -0.05) is 315 Å². The minimum atomic E-state index is -0.799. The summed E-state index contributed by atoms with van der Waals surface area (Å²) >= 11 is 0. The molecule has 6 heteroatoms. The van der Waals surface area contributed by atoms with Gasteiger partial charge in [0.2, 0.25) is 0 Å². The highest BCUT2D eigenvalue weighted by atomic mass is 16.6. The van der Waals surface area contributed by atoms with E-state index in [-0.39, 0.29) is 37.5 Å². The predicted octanol–water partition coefficient (Wildman–Crippen LogP) is 24.1. The first-order valence-electron chi connectivity index (χ1n) is 34.7. The minimum Gasteiger partial charge on any atom is -0.462 e. The fraction of sp³-hybridized carbons (Fsp3) is 0.675. The molecule has 0 amide bonds. The molecule has 0 heterocycles. The van der Waals surface area contributed by atoms with Crippen molar-refractivity contribution in [1.82, 2.24) is 0 Å². The summed E-state index contributed by atoms with van der Waals surface area (Å²) in [4.78, 5) is 38.4. The lowest BCUT2D eigenvalue weighted by Gasteiger charge is -2.18. The molecule has 0 aromatic carbocycles. The lowest BCUT2D eigenvalue weighted by atomic mass is 10.0. The fourth-order valence-corrected chi connectivity index (χ4v) is 9.53. The van der Waals surface area contributed by atoms with Gasteiger partial charge in [0.1, 0.15) is 13.2 Å². The van der Waals surface area contributed by atoms with Crippen LogP contribution in [0, 0.1) is 0 Å². The molecular formula is C77H128O6. The van der Waals surface area contributed by atoms with Crippen molar-refractivity contribution in [3.05, 3.63) is 134 Å². The maximum atomic E-state index is 12.9. The second kappa shape index (κ2) is 70.0. The summed E-state index contributed by atoms with van der Waals surface area (Å²) in [6.45, 7) is 6.40. The first kappa shape index (κ1) is 78.5. The van der Waals surface area contributed by atoms with Crippen LogP contribution < -0.4 is 0 Å². The third-order valence-electron chi connectivity index (χ3n) is 14.7. The molecule has 0 aliphatic rings. The average molecular weight is 1150 g/mol. The Balaban J connectivity index is 4.29. The van der Waals surface area contributed by atoms with E-state index in [1.807, 2.05) is 0 Å². The van der Waals surface area contributed by atoms with Gasteiger partial charge in [0.25, 0.3) is 0 Å². The van der Waals surface area contributed by atoms with Gasteiger partial charge in [0.05, 0.1) is 0 Å². The molecule has 0 radical (unpaired) electrons. The van der Waals surface area contributed by atoms with E-state index >= 15 is 0 Å². The summed E-state index contributed by atoms with van der Waals surface area (Å²) < 4.78 is 16.9. The summed E-state index contributed by atoms with van der Waals surface area (Å²) in [5.41, 5.74) is 0. The Morgan fingerprint density at radius 2 is 0.470 bits per heavy atom. The zero-order chi connectivity index (χ0) is 59.9. The number of ether oxygens (including phenoxy) is 3. The van der Waals surface area contributed by atoms with Gasteiger partial charge in [-0.2, -0.15) is 0 Å². The van der Waals surface area contributed by atoms with E-state index in [0.717, 1.165) is 135 Å². The van der Waals surface area contributed by atoms with Gasteiger partial charge >= 0.3 is 17.9 Å². The van der Waals surface area contributed by atoms with Crippen molar-refractivity contribution in [3.8, 4) is 0 Å². The number of hydrogen-bond acceptors (Lipinski definition) is 6. The molecule has 0 fully saturated rings. The Bertz CT molecular complexity index is 1750. The van der Waals surface area contributed by atoms with Gasteiger partial charge in [-0.15, -0.1) is 0 Å². The van der Waals surface area contributed by atoms with E-state index in [9.17, 15) is 14.4 Å². The Hall–Kier alpha value is -4.45. The van der Waals surface area contributed by atoms with Crippen LogP contribution in [0.25, 0.3) is 0 Å². The van der Waals surface area contributed by atoms with Crippen molar-refractivity contribution in [2.45, 2.75) is 322 Å². The van der Waals surface area contributed by atoms with Crippen molar-refractivity contribution in [2.75, 3.05) is 13.2 Å². The predicted molar refractivity (Wildman–Crippen MR) is 362 cm³/mol. The van der Waals surface area contributed by atoms with Gasteiger partial charge in [-0.05, 0) is 116 Å². The van der Waals surface area contributed by atoms with Crippen LogP contribution in [-0.2, 0) is 28.6 Å². The number of allylic oxidation sites excluding steroid dienone is 22. The molecule has 0 aliphatic heterocycles. The highest BCUT2D eigenvalue weighted by Crippen LogP contribution is 2.17. The Morgan fingerprint density at radius 1 is 0.253 bits per heavy atom. The van der Waals surface area contributed by atoms with Crippen LogP contribution in [0.4, 0.5) is 0 Å². The Kier molecular flexibility index (Phi) is 66.3. The zero-order valence-corrected chi connectivity index (χ0v) is 54.2. The smallest absolute Gasteiger partial charge is 0.306 e. The fourth-order valence-electron chi connectivity index (χ4n) is 9.53. The van der Waals surface area contributed by atoms with E-state index in [4.69, 9.17) is 14.2 Å². The number of carbonyl (C=O) groups excluding carboxylic acids is 3. The standard InChI is InChI=1S/C77H128O6/c1-4-7-10-13-16-19-22-24-26-28-30-32-34-36-37-38-39-41-42-44-46-48-50-52-55-58-61-64-67-70-76(79)82-73-74(72-81-75(78)69-66-63-60-57-54-21-18-15-12-9-6-3)83-77(80)71-68-65-62-59-56-53-51-49-47-45-43-40-35-33-31-29-27-25-23-20-17-14-11-8-5-2/h7-8,10-11,16-17,19-20,24-27,30-33,40,43,47,49,53,56,74H,4-6,9,12-15,18,21-23,28-29,34-39,41-42,44-46,48,50-52,54-55,57-73H2,1-3H3/b10-7-,11-8-,19-16-,20-17-,26-24-,27-25-,32-30-,33-31-,43-40-,49-47-,56-53-. The average Bonchev–Trinajstić information content (AvgIpc) is 3.48. The first-order chi connectivity index (χ1) is 41.0. The van der Waals surface area contributed by atoms with E-state index in [0.29, 0.717) is 12.8 Å². The molecule has 0 saturated heterocycles. The van der Waals surface area contributed by atoms with E-state index in [1.165, 1.54) is 141 Å². The molecule has 0 rings (SSSR count). The number of unbranched alkanes of at least 4 members (excludes halogenated alkanes) is 29. The second-order valence-corrected chi connectivity index (χ2v) is 22.7. The SMILES string of the molecule is CC/C=C\C/C=C\C/C=C\C/C=C\C/C=C\C/C=C\C/C=C\CCCCCC(=O)OC(COC(=O)CCCCCCCCCCCCC)COC(=O)CCCCCCCCCCCCCCCCCC/C=C\C/C=C\C/C=C\C/C=C\CC. The van der Waals surface area contributed by atoms with Crippen molar-refractivity contribution < 1.29 is 28.6 Å². The van der Waals surface area contributed by atoms with Crippen LogP contribution >= 0.6 is 0 Å². The van der Waals surface area contributed by atoms with Crippen LogP contribution in [0.2, 0.25) is 0 Å². The highest BCUT2D eigenvalue weighted by Gasteiger charge is 2.19. The van der Waals surface area contributed by atoms with Crippen molar-refractivity contribution >= 4 is 17.9 Å². The van der Waals surface area contributed by atoms with Gasteiger partial charge in [-0.25, -0.2) is 0 Å². The summed E-state index contributed by atoms with van der Waals surface area (Å²) in [5, 5.41) is 0. The van der Waals surface area contributed by atoms with Crippen molar-refractivity contribution in [3.63, 3.8) is 0 Å². The molecule has 0 aromatic rings. The molecule has 0 aliphatic carbocycles. The third kappa shape index (κ3) is 68.2. The van der Waals surface area contributed by atoms with E-state index in [1.54, 1.807) is 0 Å². The first-order valence-corrected chi connectivity index (χ1v) is 34.7. The summed E-state index contributed by atoms with van der Waals surface area (Å²) in [5.74, 6) is -0.917. The molecule has 6 nitrogen and oxygen atoms in total. The molecule has 1 atom stereocenters. The number of hydrogen-bond donors (Lipinski definition) is 0. The van der Waals surface area contributed by atoms with Gasteiger partial charge in [0.15, 0.2) is 6.10 Å².